The molecule has 0 aromatic carbocycles. The molecule has 1 aliphatic rings. The molecule has 154 valence electrons. The first-order valence-corrected chi connectivity index (χ1v) is 9.48. The Bertz CT molecular complexity index is 960. The molecule has 2 N–H and O–H groups in total. The van der Waals surface area contributed by atoms with Gasteiger partial charge >= 0.3 is 0 Å². The van der Waals surface area contributed by atoms with E-state index in [-0.39, 0.29) is 12.5 Å². The van der Waals surface area contributed by atoms with Gasteiger partial charge in [-0.15, -0.1) is 0 Å². The Morgan fingerprint density at radius 2 is 2.00 bits per heavy atom. The second-order valence-electron chi connectivity index (χ2n) is 7.16. The van der Waals surface area contributed by atoms with Gasteiger partial charge in [-0.1, -0.05) is 6.92 Å². The molecule has 0 amide bonds. The Morgan fingerprint density at radius 3 is 2.62 bits per heavy atom. The summed E-state index contributed by atoms with van der Waals surface area (Å²) < 4.78 is 30.0. The third-order valence-electron chi connectivity index (χ3n) is 4.74. The second kappa shape index (κ2) is 8.50. The number of hydrogen-bond donors (Lipinski definition) is 2. The lowest BCUT2D eigenvalue weighted by Gasteiger charge is -2.18. The molecule has 0 aliphatic carbocycles. The fourth-order valence-electron chi connectivity index (χ4n) is 3.16. The monoisotopic (exact) mass is 401 g/mol. The van der Waals surface area contributed by atoms with Crippen LogP contribution in [0.1, 0.15) is 50.3 Å². The van der Waals surface area contributed by atoms with Crippen molar-refractivity contribution in [3.05, 3.63) is 53.9 Å². The molecule has 1 aliphatic heterocycles. The van der Waals surface area contributed by atoms with Crippen LogP contribution in [0.5, 0.6) is 0 Å². The topological polar surface area (TPSA) is 83.9 Å². The summed E-state index contributed by atoms with van der Waals surface area (Å²) in [4.78, 5) is 4.74. The summed E-state index contributed by atoms with van der Waals surface area (Å²) in [6.45, 7) is 2.90. The minimum Gasteiger partial charge on any atom is -0.358 e. The van der Waals surface area contributed by atoms with Gasteiger partial charge < -0.3 is 10.7 Å². The third-order valence-corrected chi connectivity index (χ3v) is 4.74. The largest absolute Gasteiger partial charge is 0.358 e. The van der Waals surface area contributed by atoms with Gasteiger partial charge in [-0.3, -0.25) is 9.36 Å². The van der Waals surface area contributed by atoms with Crippen molar-refractivity contribution in [2.24, 2.45) is 12.0 Å². The highest BCUT2D eigenvalue weighted by atomic mass is 19.3. The van der Waals surface area contributed by atoms with Crippen LogP contribution in [0.2, 0.25) is 0 Å². The van der Waals surface area contributed by atoms with Crippen LogP contribution in [-0.4, -0.2) is 37.4 Å². The van der Waals surface area contributed by atoms with Gasteiger partial charge in [0, 0.05) is 49.4 Å². The number of nitrogens with zero attached hydrogens (tertiary/aromatic N) is 5. The highest BCUT2D eigenvalue weighted by Gasteiger charge is 2.24. The lowest BCUT2D eigenvalue weighted by molar-refractivity contribution is 0.00659. The molecule has 0 bridgehead atoms. The first-order chi connectivity index (χ1) is 13.8. The van der Waals surface area contributed by atoms with Gasteiger partial charge in [0.05, 0.1) is 35.5 Å². The summed E-state index contributed by atoms with van der Waals surface area (Å²) in [5.41, 5.74) is 3.62. The molecule has 0 saturated carbocycles. The van der Waals surface area contributed by atoms with Crippen molar-refractivity contribution in [3.8, 4) is 0 Å². The number of alkyl halides is 2. The van der Waals surface area contributed by atoms with E-state index < -0.39 is 5.92 Å². The van der Waals surface area contributed by atoms with Gasteiger partial charge in [-0.05, 0) is 25.8 Å². The van der Waals surface area contributed by atoms with Crippen molar-refractivity contribution in [2.75, 3.05) is 0 Å². The molecule has 0 fully saturated rings. The molecular formula is C20H25F2N7. The molecule has 7 nitrogen and oxygen atoms in total. The van der Waals surface area contributed by atoms with Crippen LogP contribution in [0.25, 0.3) is 5.70 Å². The molecule has 29 heavy (non-hydrogen) atoms. The van der Waals surface area contributed by atoms with Crippen LogP contribution in [0, 0.1) is 5.41 Å². The molecule has 2 aromatic rings. The maximum absolute atomic E-state index is 13.3. The van der Waals surface area contributed by atoms with Crippen LogP contribution < -0.4 is 5.32 Å². The highest BCUT2D eigenvalue weighted by Crippen LogP contribution is 2.27. The molecule has 0 saturated heterocycles. The van der Waals surface area contributed by atoms with Crippen molar-refractivity contribution in [1.29, 1.82) is 5.41 Å². The molecule has 0 radical (unpaired) electrons. The summed E-state index contributed by atoms with van der Waals surface area (Å²) in [6, 6.07) is -0.116. The Hall–Kier alpha value is -3.10. The van der Waals surface area contributed by atoms with Gasteiger partial charge in [-0.2, -0.15) is 10.2 Å². The number of rotatable bonds is 8. The zero-order chi connectivity index (χ0) is 21.0. The average molecular weight is 401 g/mol. The predicted molar refractivity (Wildman–Crippen MR) is 109 cm³/mol. The molecule has 9 heteroatoms. The van der Waals surface area contributed by atoms with Gasteiger partial charge in [0.1, 0.15) is 0 Å². The molecule has 1 unspecified atom stereocenters. The van der Waals surface area contributed by atoms with E-state index in [2.05, 4.69) is 15.5 Å². The quantitative estimate of drug-likeness (QED) is 0.658. The number of aryl methyl sites for hydroxylation is 1. The van der Waals surface area contributed by atoms with E-state index in [4.69, 9.17) is 10.4 Å². The minimum atomic E-state index is -2.69. The number of aromatic nitrogens is 4. The van der Waals surface area contributed by atoms with Crippen LogP contribution in [0.3, 0.4) is 0 Å². The number of aliphatic imine (C=N–C) groups is 1. The Morgan fingerprint density at radius 1 is 1.24 bits per heavy atom. The summed E-state index contributed by atoms with van der Waals surface area (Å²) in [7, 11) is 1.83. The molecule has 0 spiro atoms. The zero-order valence-corrected chi connectivity index (χ0v) is 16.7. The second-order valence-corrected chi connectivity index (χ2v) is 7.16. The predicted octanol–water partition coefficient (Wildman–Crippen LogP) is 3.93. The van der Waals surface area contributed by atoms with Gasteiger partial charge in [0.15, 0.2) is 0 Å². The van der Waals surface area contributed by atoms with E-state index in [1.54, 1.807) is 34.0 Å². The fraction of sp³-hybridized carbons (Fsp3) is 0.400. The highest BCUT2D eigenvalue weighted by molar-refractivity contribution is 6.16. The van der Waals surface area contributed by atoms with E-state index in [9.17, 15) is 8.78 Å². The maximum atomic E-state index is 13.3. The van der Waals surface area contributed by atoms with Crippen LogP contribution in [0.4, 0.5) is 8.78 Å². The van der Waals surface area contributed by atoms with Crippen LogP contribution >= 0.6 is 0 Å². The molecule has 1 atom stereocenters. The summed E-state index contributed by atoms with van der Waals surface area (Å²) >= 11 is 0. The maximum Gasteiger partial charge on any atom is 0.245 e. The first-order valence-electron chi connectivity index (χ1n) is 9.48. The van der Waals surface area contributed by atoms with Crippen LogP contribution in [-0.2, 0) is 7.05 Å². The van der Waals surface area contributed by atoms with Crippen molar-refractivity contribution in [3.63, 3.8) is 0 Å². The normalized spacial score (nSPS) is 16.9. The van der Waals surface area contributed by atoms with Gasteiger partial charge in [0.25, 0.3) is 0 Å². The Kier molecular flexibility index (Phi) is 6.05. The third kappa shape index (κ3) is 5.04. The standard InChI is InChI=1S/C20H25F2N7/c1-4-16(5-7-20(2,21)22)29-13-15(10-26-29)19-17(6-8-23)24-11-18(27-19)14-9-25-28(3)12-14/h6,8-13,16,23-24H,4-5,7H2,1-3H3/b17-6-,23-8?. The van der Waals surface area contributed by atoms with Crippen molar-refractivity contribution >= 4 is 17.6 Å². The summed E-state index contributed by atoms with van der Waals surface area (Å²) in [6.07, 6.45) is 12.5. The van der Waals surface area contributed by atoms with E-state index in [0.29, 0.717) is 29.9 Å². The van der Waals surface area contributed by atoms with Crippen LogP contribution in [0.15, 0.2) is 47.8 Å². The van der Waals surface area contributed by atoms with Crippen molar-refractivity contribution < 1.29 is 8.78 Å². The summed E-state index contributed by atoms with van der Waals surface area (Å²) in [5.74, 6) is -2.69. The molecule has 3 rings (SSSR count). The Labute approximate surface area is 168 Å². The zero-order valence-electron chi connectivity index (χ0n) is 16.7. The smallest absolute Gasteiger partial charge is 0.245 e. The lowest BCUT2D eigenvalue weighted by Crippen LogP contribution is -2.21. The van der Waals surface area contributed by atoms with Crippen molar-refractivity contribution in [1.82, 2.24) is 24.9 Å². The first kappa shape index (κ1) is 20.6. The molecule has 3 heterocycles. The lowest BCUT2D eigenvalue weighted by atomic mass is 10.1. The number of hydrogen-bond acceptors (Lipinski definition) is 5. The van der Waals surface area contributed by atoms with E-state index in [1.807, 2.05) is 26.4 Å². The molecular weight excluding hydrogens is 376 g/mol. The number of halogens is 2. The van der Waals surface area contributed by atoms with Gasteiger partial charge in [-0.25, -0.2) is 13.8 Å². The minimum absolute atomic E-state index is 0.116. The van der Waals surface area contributed by atoms with E-state index in [1.165, 1.54) is 6.21 Å². The number of nitrogens with one attached hydrogen (secondary N) is 2. The Balaban J connectivity index is 1.90. The van der Waals surface area contributed by atoms with E-state index >= 15 is 0 Å². The SMILES string of the molecule is CCC(CCC(C)(F)F)n1cc(C2=NC(c3cnn(C)c3)=CN/C2=C\C=N)cn1. The fourth-order valence-corrected chi connectivity index (χ4v) is 3.16. The van der Waals surface area contributed by atoms with Gasteiger partial charge in [0.2, 0.25) is 5.92 Å². The van der Waals surface area contributed by atoms with Crippen molar-refractivity contribution in [2.45, 2.75) is 45.1 Å². The van der Waals surface area contributed by atoms with E-state index in [0.717, 1.165) is 18.1 Å². The average Bonchev–Trinajstić information content (AvgIpc) is 3.31. The number of allylic oxidation sites excluding steroid dienone is 2. The summed E-state index contributed by atoms with van der Waals surface area (Å²) in [5, 5.41) is 19.1. The molecule has 2 aromatic heterocycles.